The van der Waals surface area contributed by atoms with E-state index in [9.17, 15) is 5.26 Å². The molecular weight excluding hydrogens is 320 g/mol. The second-order valence-electron chi connectivity index (χ2n) is 5.73. The van der Waals surface area contributed by atoms with Gasteiger partial charge in [-0.05, 0) is 24.1 Å². The Morgan fingerprint density at radius 2 is 1.88 bits per heavy atom. The highest BCUT2D eigenvalue weighted by Gasteiger charge is 2.16. The predicted octanol–water partition coefficient (Wildman–Crippen LogP) is 3.94. The monoisotopic (exact) mass is 336 g/mol. The Kier molecular flexibility index (Phi) is 4.54. The van der Waals surface area contributed by atoms with Gasteiger partial charge in [-0.3, -0.25) is 0 Å². The molecule has 1 aromatic heterocycles. The summed E-state index contributed by atoms with van der Waals surface area (Å²) in [5.74, 6) is 0.389. The average molecular weight is 337 g/mol. The molecule has 3 rings (SSSR count). The Hall–Kier alpha value is -2.77. The van der Waals surface area contributed by atoms with Gasteiger partial charge in [0.15, 0.2) is 0 Å². The lowest BCUT2D eigenvalue weighted by Gasteiger charge is -2.04. The van der Waals surface area contributed by atoms with Gasteiger partial charge in [0.25, 0.3) is 0 Å². The number of anilines is 1. The van der Waals surface area contributed by atoms with E-state index in [1.54, 1.807) is 4.68 Å². The van der Waals surface area contributed by atoms with Crippen LogP contribution in [0.1, 0.15) is 27.9 Å². The van der Waals surface area contributed by atoms with Gasteiger partial charge in [0.05, 0.1) is 12.2 Å². The van der Waals surface area contributed by atoms with Crippen LogP contribution in [0.2, 0.25) is 5.02 Å². The Labute approximate surface area is 146 Å². The molecule has 0 saturated heterocycles. The van der Waals surface area contributed by atoms with E-state index in [1.165, 1.54) is 5.56 Å². The van der Waals surface area contributed by atoms with Crippen molar-refractivity contribution in [2.24, 2.45) is 0 Å². The number of aryl methyl sites for hydroxylation is 1. The van der Waals surface area contributed by atoms with Crippen molar-refractivity contribution in [2.45, 2.75) is 19.9 Å². The topological polar surface area (TPSA) is 67.6 Å². The Morgan fingerprint density at radius 1 is 1.17 bits per heavy atom. The summed E-state index contributed by atoms with van der Waals surface area (Å²) in [5, 5.41) is 14.7. The number of nitrogen functional groups attached to an aromatic ring is 1. The van der Waals surface area contributed by atoms with Crippen LogP contribution in [0.5, 0.6) is 0 Å². The van der Waals surface area contributed by atoms with E-state index in [-0.39, 0.29) is 0 Å². The molecule has 0 aliphatic carbocycles. The number of benzene rings is 2. The maximum absolute atomic E-state index is 9.45. The molecule has 5 heteroatoms. The third kappa shape index (κ3) is 3.27. The summed E-state index contributed by atoms with van der Waals surface area (Å²) in [6.07, 6.45) is 0.480. The van der Waals surface area contributed by atoms with Crippen LogP contribution in [0.3, 0.4) is 0 Å². The molecule has 0 amide bonds. The number of halogens is 1. The standard InChI is InChI=1S/C19H17ClN4/c1-13-6-8-14(9-7-13)12-24-19(22)16(11-21)18(23-24)10-15-4-2-3-5-17(15)20/h2-9H,10,12,22H2,1H3. The minimum absolute atomic E-state index is 0.389. The molecule has 3 aromatic rings. The minimum atomic E-state index is 0.389. The van der Waals surface area contributed by atoms with Gasteiger partial charge in [-0.1, -0.05) is 59.6 Å². The smallest absolute Gasteiger partial charge is 0.140 e. The van der Waals surface area contributed by atoms with Gasteiger partial charge in [0.2, 0.25) is 0 Å². The summed E-state index contributed by atoms with van der Waals surface area (Å²) < 4.78 is 1.68. The maximum atomic E-state index is 9.45. The highest BCUT2D eigenvalue weighted by atomic mass is 35.5. The van der Waals surface area contributed by atoms with Gasteiger partial charge in [-0.2, -0.15) is 10.4 Å². The minimum Gasteiger partial charge on any atom is -0.383 e. The lowest BCUT2D eigenvalue weighted by molar-refractivity contribution is 0.684. The van der Waals surface area contributed by atoms with Gasteiger partial charge in [-0.25, -0.2) is 4.68 Å². The molecule has 2 N–H and O–H groups in total. The quantitative estimate of drug-likeness (QED) is 0.784. The summed E-state index contributed by atoms with van der Waals surface area (Å²) in [6.45, 7) is 2.57. The van der Waals surface area contributed by atoms with Gasteiger partial charge in [0, 0.05) is 11.4 Å². The molecule has 0 aliphatic heterocycles. The van der Waals surface area contributed by atoms with Crippen molar-refractivity contribution < 1.29 is 0 Å². The van der Waals surface area contributed by atoms with E-state index < -0.39 is 0 Å². The van der Waals surface area contributed by atoms with Crippen molar-refractivity contribution in [3.05, 3.63) is 81.5 Å². The first-order valence-electron chi connectivity index (χ1n) is 7.62. The van der Waals surface area contributed by atoms with E-state index in [0.29, 0.717) is 35.1 Å². The zero-order chi connectivity index (χ0) is 17.1. The van der Waals surface area contributed by atoms with E-state index >= 15 is 0 Å². The third-order valence-electron chi connectivity index (χ3n) is 3.94. The lowest BCUT2D eigenvalue weighted by atomic mass is 10.1. The van der Waals surface area contributed by atoms with Crippen molar-refractivity contribution in [2.75, 3.05) is 5.73 Å². The SMILES string of the molecule is Cc1ccc(Cn2nc(Cc3ccccc3Cl)c(C#N)c2N)cc1. The van der Waals surface area contributed by atoms with Crippen LogP contribution in [-0.4, -0.2) is 9.78 Å². The maximum Gasteiger partial charge on any atom is 0.140 e. The largest absolute Gasteiger partial charge is 0.383 e. The van der Waals surface area contributed by atoms with E-state index in [4.69, 9.17) is 17.3 Å². The predicted molar refractivity (Wildman–Crippen MR) is 95.9 cm³/mol. The second kappa shape index (κ2) is 6.77. The summed E-state index contributed by atoms with van der Waals surface area (Å²) in [6, 6.07) is 17.9. The van der Waals surface area contributed by atoms with Crippen LogP contribution in [0.4, 0.5) is 5.82 Å². The first-order chi connectivity index (χ1) is 11.6. The van der Waals surface area contributed by atoms with Crippen LogP contribution >= 0.6 is 11.6 Å². The number of hydrogen-bond acceptors (Lipinski definition) is 3. The molecule has 0 fully saturated rings. The van der Waals surface area contributed by atoms with Crippen molar-refractivity contribution in [3.8, 4) is 6.07 Å². The van der Waals surface area contributed by atoms with E-state index in [1.807, 2.05) is 55.5 Å². The van der Waals surface area contributed by atoms with Crippen LogP contribution in [0.25, 0.3) is 0 Å². The molecule has 2 aromatic carbocycles. The second-order valence-corrected chi connectivity index (χ2v) is 6.14. The molecule has 120 valence electrons. The fraction of sp³-hybridized carbons (Fsp3) is 0.158. The molecule has 0 aliphatic rings. The number of aromatic nitrogens is 2. The normalized spacial score (nSPS) is 10.5. The van der Waals surface area contributed by atoms with E-state index in [0.717, 1.165) is 11.1 Å². The first-order valence-corrected chi connectivity index (χ1v) is 8.00. The van der Waals surface area contributed by atoms with Crippen LogP contribution < -0.4 is 5.73 Å². The molecule has 1 heterocycles. The molecule has 0 bridgehead atoms. The highest BCUT2D eigenvalue weighted by molar-refractivity contribution is 6.31. The lowest BCUT2D eigenvalue weighted by Crippen LogP contribution is -2.06. The number of hydrogen-bond donors (Lipinski definition) is 1. The van der Waals surface area contributed by atoms with Crippen LogP contribution in [0, 0.1) is 18.3 Å². The Balaban J connectivity index is 1.92. The number of nitriles is 1. The van der Waals surface area contributed by atoms with Gasteiger partial charge in [-0.15, -0.1) is 0 Å². The molecule has 0 spiro atoms. The molecular formula is C19H17ClN4. The summed E-state index contributed by atoms with van der Waals surface area (Å²) in [4.78, 5) is 0. The molecule has 0 saturated carbocycles. The van der Waals surface area contributed by atoms with Crippen molar-refractivity contribution in [1.82, 2.24) is 9.78 Å². The fourth-order valence-corrected chi connectivity index (χ4v) is 2.78. The zero-order valence-corrected chi connectivity index (χ0v) is 14.1. The summed E-state index contributed by atoms with van der Waals surface area (Å²) >= 11 is 6.21. The van der Waals surface area contributed by atoms with Crippen LogP contribution in [-0.2, 0) is 13.0 Å². The number of nitrogens with zero attached hydrogens (tertiary/aromatic N) is 3. The number of nitrogens with two attached hydrogens (primary N) is 1. The summed E-state index contributed by atoms with van der Waals surface area (Å²) in [7, 11) is 0. The third-order valence-corrected chi connectivity index (χ3v) is 4.31. The molecule has 0 unspecified atom stereocenters. The van der Waals surface area contributed by atoms with Crippen LogP contribution in [0.15, 0.2) is 48.5 Å². The highest BCUT2D eigenvalue weighted by Crippen LogP contribution is 2.23. The molecule has 0 radical (unpaired) electrons. The Morgan fingerprint density at radius 3 is 2.54 bits per heavy atom. The van der Waals surface area contributed by atoms with Crippen molar-refractivity contribution in [1.29, 1.82) is 5.26 Å². The average Bonchev–Trinajstić information content (AvgIpc) is 2.87. The first kappa shape index (κ1) is 16.1. The van der Waals surface area contributed by atoms with Gasteiger partial charge in [0.1, 0.15) is 17.5 Å². The van der Waals surface area contributed by atoms with E-state index in [2.05, 4.69) is 11.2 Å². The van der Waals surface area contributed by atoms with Crippen molar-refractivity contribution in [3.63, 3.8) is 0 Å². The summed E-state index contributed by atoms with van der Waals surface area (Å²) in [5.41, 5.74) is 10.4. The van der Waals surface area contributed by atoms with Gasteiger partial charge < -0.3 is 5.73 Å². The number of rotatable bonds is 4. The van der Waals surface area contributed by atoms with Crippen molar-refractivity contribution >= 4 is 17.4 Å². The zero-order valence-electron chi connectivity index (χ0n) is 13.3. The fourth-order valence-electron chi connectivity index (χ4n) is 2.58. The van der Waals surface area contributed by atoms with Gasteiger partial charge >= 0.3 is 0 Å². The molecule has 0 atom stereocenters. The Bertz CT molecular complexity index is 904. The molecule has 4 nitrogen and oxygen atoms in total. The molecule has 24 heavy (non-hydrogen) atoms.